The monoisotopic (exact) mass is 383 g/mol. The molecule has 0 aliphatic carbocycles. The molecule has 2 aromatic heterocycles. The normalized spacial score (nSPS) is 11.2. The molecule has 0 spiro atoms. The molecule has 142 valence electrons. The summed E-state index contributed by atoms with van der Waals surface area (Å²) in [5.74, 6) is -1.59. The van der Waals surface area contributed by atoms with E-state index in [0.717, 1.165) is 23.9 Å². The first-order valence-electron chi connectivity index (χ1n) is 7.63. The molecule has 6 nitrogen and oxygen atoms in total. The van der Waals surface area contributed by atoms with Crippen LogP contribution in [0.5, 0.6) is 11.5 Å². The van der Waals surface area contributed by atoms with E-state index in [1.807, 2.05) is 13.0 Å². The number of anilines is 1. The van der Waals surface area contributed by atoms with E-state index < -0.39 is 24.9 Å². The summed E-state index contributed by atoms with van der Waals surface area (Å²) in [4.78, 5) is 16.6. The van der Waals surface area contributed by atoms with E-state index in [4.69, 9.17) is 0 Å². The van der Waals surface area contributed by atoms with Crippen molar-refractivity contribution in [3.8, 4) is 11.5 Å². The standard InChI is InChI=1S/C17H13F4N3O3/c1-9-3-2-4-14-22-12(8-24(9)14)15(25)23-11-6-5-10(26-16(18)19)7-13(11)27-17(20)21/h2-8,16-17H,1H3,(H,23,25). The number of nitrogens with one attached hydrogen (secondary N) is 1. The van der Waals surface area contributed by atoms with Gasteiger partial charge in [-0.25, -0.2) is 4.98 Å². The van der Waals surface area contributed by atoms with Crippen molar-refractivity contribution in [2.24, 2.45) is 0 Å². The SMILES string of the molecule is Cc1cccc2nc(C(=O)Nc3ccc(OC(F)F)cc3OC(F)F)cn12. The van der Waals surface area contributed by atoms with Crippen molar-refractivity contribution in [3.05, 3.63) is 54.0 Å². The van der Waals surface area contributed by atoms with Gasteiger partial charge >= 0.3 is 13.2 Å². The smallest absolute Gasteiger partial charge is 0.387 e. The lowest BCUT2D eigenvalue weighted by Crippen LogP contribution is -2.14. The number of hydrogen-bond acceptors (Lipinski definition) is 4. The van der Waals surface area contributed by atoms with Gasteiger partial charge in [-0.05, 0) is 31.2 Å². The molecule has 0 atom stereocenters. The molecule has 0 fully saturated rings. The summed E-state index contributed by atoms with van der Waals surface area (Å²) < 4.78 is 59.9. The second kappa shape index (κ2) is 7.52. The predicted octanol–water partition coefficient (Wildman–Crippen LogP) is 4.10. The highest BCUT2D eigenvalue weighted by Gasteiger charge is 2.17. The van der Waals surface area contributed by atoms with Crippen LogP contribution in [0.3, 0.4) is 0 Å². The van der Waals surface area contributed by atoms with Crippen molar-refractivity contribution >= 4 is 17.2 Å². The summed E-state index contributed by atoms with van der Waals surface area (Å²) >= 11 is 0. The van der Waals surface area contributed by atoms with Gasteiger partial charge in [0.05, 0.1) is 5.69 Å². The van der Waals surface area contributed by atoms with Crippen LogP contribution in [0.25, 0.3) is 5.65 Å². The fourth-order valence-electron chi connectivity index (χ4n) is 2.42. The highest BCUT2D eigenvalue weighted by atomic mass is 19.3. The topological polar surface area (TPSA) is 64.9 Å². The van der Waals surface area contributed by atoms with Gasteiger partial charge in [0.25, 0.3) is 5.91 Å². The highest BCUT2D eigenvalue weighted by molar-refractivity contribution is 6.04. The van der Waals surface area contributed by atoms with Crippen molar-refractivity contribution in [3.63, 3.8) is 0 Å². The van der Waals surface area contributed by atoms with Crippen LogP contribution < -0.4 is 14.8 Å². The number of benzene rings is 1. The first-order chi connectivity index (χ1) is 12.8. The number of fused-ring (bicyclic) bond motifs is 1. The summed E-state index contributed by atoms with van der Waals surface area (Å²) in [6.07, 6.45) is 1.49. The number of rotatable bonds is 6. The fraction of sp³-hybridized carbons (Fsp3) is 0.176. The van der Waals surface area contributed by atoms with Gasteiger partial charge in [-0.2, -0.15) is 17.6 Å². The Bertz CT molecular complexity index is 975. The molecule has 0 aliphatic heterocycles. The van der Waals surface area contributed by atoms with Gasteiger partial charge in [0.1, 0.15) is 17.1 Å². The number of alkyl halides is 4. The minimum Gasteiger partial charge on any atom is -0.435 e. The Labute approximate surface area is 150 Å². The number of amides is 1. The Morgan fingerprint density at radius 3 is 2.52 bits per heavy atom. The minimum atomic E-state index is -3.22. The second-order valence-corrected chi connectivity index (χ2v) is 5.39. The molecule has 3 aromatic rings. The number of pyridine rings is 1. The molecule has 0 aliphatic rings. The quantitative estimate of drug-likeness (QED) is 0.651. The van der Waals surface area contributed by atoms with Gasteiger partial charge < -0.3 is 19.2 Å². The Kier molecular flexibility index (Phi) is 5.15. The van der Waals surface area contributed by atoms with Crippen LogP contribution in [0.15, 0.2) is 42.6 Å². The first kappa shape index (κ1) is 18.5. The van der Waals surface area contributed by atoms with E-state index in [-0.39, 0.29) is 17.1 Å². The van der Waals surface area contributed by atoms with Gasteiger partial charge in [-0.15, -0.1) is 0 Å². The highest BCUT2D eigenvalue weighted by Crippen LogP contribution is 2.32. The number of carbonyl (C=O) groups excluding carboxylic acids is 1. The van der Waals surface area contributed by atoms with E-state index in [0.29, 0.717) is 5.65 Å². The van der Waals surface area contributed by atoms with Gasteiger partial charge in [0.15, 0.2) is 5.75 Å². The molecule has 2 heterocycles. The molecule has 0 saturated carbocycles. The third-order valence-corrected chi connectivity index (χ3v) is 3.57. The molecule has 0 bridgehead atoms. The third-order valence-electron chi connectivity index (χ3n) is 3.57. The van der Waals surface area contributed by atoms with Gasteiger partial charge in [0.2, 0.25) is 0 Å². The Balaban J connectivity index is 1.88. The van der Waals surface area contributed by atoms with Crippen LogP contribution in [0.4, 0.5) is 23.2 Å². The molecular formula is C17H13F4N3O3. The molecule has 0 unspecified atom stereocenters. The van der Waals surface area contributed by atoms with Crippen LogP contribution in [-0.4, -0.2) is 28.5 Å². The number of aryl methyl sites for hydroxylation is 1. The Morgan fingerprint density at radius 1 is 1.11 bits per heavy atom. The van der Waals surface area contributed by atoms with Gasteiger partial charge in [-0.3, -0.25) is 4.79 Å². The van der Waals surface area contributed by atoms with Crippen LogP contribution in [0.1, 0.15) is 16.2 Å². The predicted molar refractivity (Wildman–Crippen MR) is 87.6 cm³/mol. The summed E-state index contributed by atoms with van der Waals surface area (Å²) in [5, 5.41) is 2.38. The van der Waals surface area contributed by atoms with E-state index in [9.17, 15) is 22.4 Å². The zero-order chi connectivity index (χ0) is 19.6. The fourth-order valence-corrected chi connectivity index (χ4v) is 2.42. The molecule has 1 aromatic carbocycles. The molecule has 1 amide bonds. The van der Waals surface area contributed by atoms with Crippen molar-refractivity contribution in [2.45, 2.75) is 20.1 Å². The minimum absolute atomic E-state index is 0.0419. The molecule has 1 N–H and O–H groups in total. The summed E-state index contributed by atoms with van der Waals surface area (Å²) in [6.45, 7) is -4.53. The lowest BCUT2D eigenvalue weighted by Gasteiger charge is -2.13. The number of halogens is 4. The van der Waals surface area contributed by atoms with E-state index >= 15 is 0 Å². The Hall–Kier alpha value is -3.30. The van der Waals surface area contributed by atoms with Crippen LogP contribution in [-0.2, 0) is 0 Å². The van der Waals surface area contributed by atoms with E-state index in [2.05, 4.69) is 19.8 Å². The zero-order valence-electron chi connectivity index (χ0n) is 13.8. The van der Waals surface area contributed by atoms with Crippen molar-refractivity contribution in [1.82, 2.24) is 9.38 Å². The molecule has 3 rings (SSSR count). The lowest BCUT2D eigenvalue weighted by molar-refractivity contribution is -0.0539. The zero-order valence-corrected chi connectivity index (χ0v) is 13.8. The average Bonchev–Trinajstić information content (AvgIpc) is 3.02. The molecule has 10 heteroatoms. The largest absolute Gasteiger partial charge is 0.435 e. The molecule has 0 saturated heterocycles. The number of carbonyl (C=O) groups is 1. The van der Waals surface area contributed by atoms with Crippen molar-refractivity contribution in [1.29, 1.82) is 0 Å². The van der Waals surface area contributed by atoms with Crippen LogP contribution >= 0.6 is 0 Å². The van der Waals surface area contributed by atoms with Crippen molar-refractivity contribution in [2.75, 3.05) is 5.32 Å². The number of nitrogens with zero attached hydrogens (tertiary/aromatic N) is 2. The summed E-state index contributed by atoms with van der Waals surface area (Å²) in [7, 11) is 0. The molecule has 27 heavy (non-hydrogen) atoms. The maximum absolute atomic E-state index is 12.6. The molecule has 0 radical (unpaired) electrons. The van der Waals surface area contributed by atoms with E-state index in [1.54, 1.807) is 16.5 Å². The van der Waals surface area contributed by atoms with Crippen LogP contribution in [0.2, 0.25) is 0 Å². The summed E-state index contributed by atoms with van der Waals surface area (Å²) in [6, 6.07) is 8.35. The van der Waals surface area contributed by atoms with Gasteiger partial charge in [0, 0.05) is 18.0 Å². The maximum Gasteiger partial charge on any atom is 0.387 e. The third kappa shape index (κ3) is 4.27. The van der Waals surface area contributed by atoms with Crippen LogP contribution in [0, 0.1) is 6.92 Å². The lowest BCUT2D eigenvalue weighted by atomic mass is 10.2. The molecular weight excluding hydrogens is 370 g/mol. The Morgan fingerprint density at radius 2 is 1.85 bits per heavy atom. The number of aromatic nitrogens is 2. The second-order valence-electron chi connectivity index (χ2n) is 5.39. The average molecular weight is 383 g/mol. The first-order valence-corrected chi connectivity index (χ1v) is 7.63. The van der Waals surface area contributed by atoms with Gasteiger partial charge in [-0.1, -0.05) is 6.07 Å². The number of hydrogen-bond donors (Lipinski definition) is 1. The number of ether oxygens (including phenoxy) is 2. The van der Waals surface area contributed by atoms with E-state index in [1.165, 1.54) is 6.20 Å². The van der Waals surface area contributed by atoms with Crippen molar-refractivity contribution < 1.29 is 31.8 Å². The maximum atomic E-state index is 12.6. The number of imidazole rings is 1. The summed E-state index contributed by atoms with van der Waals surface area (Å²) in [5.41, 5.74) is 1.27.